The van der Waals surface area contributed by atoms with Crippen molar-refractivity contribution in [1.82, 2.24) is 4.90 Å². The molecule has 3 atom stereocenters. The normalized spacial score (nSPS) is 20.8. The van der Waals surface area contributed by atoms with Crippen LogP contribution in [-0.2, 0) is 14.0 Å². The van der Waals surface area contributed by atoms with Gasteiger partial charge in [-0.2, -0.15) is 0 Å². The first kappa shape index (κ1) is 23.9. The van der Waals surface area contributed by atoms with Crippen molar-refractivity contribution in [1.29, 1.82) is 0 Å². The summed E-state index contributed by atoms with van der Waals surface area (Å²) in [4.78, 5) is 25.3. The summed E-state index contributed by atoms with van der Waals surface area (Å²) in [6.07, 6.45) is -0.342. The van der Waals surface area contributed by atoms with Crippen molar-refractivity contribution in [2.75, 3.05) is 6.54 Å². The van der Waals surface area contributed by atoms with E-state index in [1.54, 1.807) is 12.1 Å². The number of carbonyl (C=O) groups is 2. The molecule has 0 aromatic heterocycles. The Labute approximate surface area is 183 Å². The second kappa shape index (κ2) is 9.16. The number of ether oxygens (including phenoxy) is 1. The average Bonchev–Trinajstić information content (AvgIpc) is 2.58. The molecule has 6 nitrogen and oxygen atoms in total. The number of carbonyl (C=O) groups excluding carboxylic acids is 1. The average molecular weight is 456 g/mol. The first-order valence-electron chi connectivity index (χ1n) is 9.47. The van der Waals surface area contributed by atoms with E-state index in [9.17, 15) is 14.7 Å². The van der Waals surface area contributed by atoms with E-state index in [1.807, 2.05) is 25.1 Å². The Bertz CT molecular complexity index is 766. The summed E-state index contributed by atoms with van der Waals surface area (Å²) >= 11 is 6.54. The summed E-state index contributed by atoms with van der Waals surface area (Å²) in [5.74, 6) is -1.15. The van der Waals surface area contributed by atoms with Crippen LogP contribution in [0.1, 0.15) is 27.7 Å². The van der Waals surface area contributed by atoms with Crippen molar-refractivity contribution < 1.29 is 23.9 Å². The molecule has 0 saturated carbocycles. The van der Waals surface area contributed by atoms with Crippen LogP contribution in [0.5, 0.6) is 5.75 Å². The molecule has 29 heavy (non-hydrogen) atoms. The van der Waals surface area contributed by atoms with E-state index >= 15 is 0 Å². The lowest BCUT2D eigenvalue weighted by atomic mass is 9.93. The molecule has 160 valence electrons. The fourth-order valence-corrected chi connectivity index (χ4v) is 5.81. The molecule has 1 aromatic carbocycles. The molecule has 0 bridgehead atoms. The largest absolute Gasteiger partial charge is 0.480 e. The molecular formula is C20H29NO5S2Si. The van der Waals surface area contributed by atoms with Gasteiger partial charge in [0.15, 0.2) is 8.32 Å². The maximum atomic E-state index is 12.7. The van der Waals surface area contributed by atoms with Crippen molar-refractivity contribution in [3.05, 3.63) is 30.3 Å². The van der Waals surface area contributed by atoms with Gasteiger partial charge in [-0.25, -0.2) is 0 Å². The minimum absolute atomic E-state index is 0.00314. The number of benzene rings is 1. The Morgan fingerprint density at radius 3 is 2.41 bits per heavy atom. The molecule has 1 heterocycles. The van der Waals surface area contributed by atoms with Gasteiger partial charge in [0, 0.05) is 0 Å². The van der Waals surface area contributed by atoms with Gasteiger partial charge < -0.3 is 19.2 Å². The number of carboxylic acids is 1. The van der Waals surface area contributed by atoms with Crippen LogP contribution in [0.4, 0.5) is 0 Å². The zero-order valence-electron chi connectivity index (χ0n) is 17.7. The molecule has 1 aromatic rings. The highest BCUT2D eigenvalue weighted by molar-refractivity contribution is 8.23. The molecular weight excluding hydrogens is 426 g/mol. The third-order valence-electron chi connectivity index (χ3n) is 5.44. The number of likely N-dealkylation sites (tertiary alicyclic amines) is 1. The molecule has 1 aliphatic rings. The van der Waals surface area contributed by atoms with E-state index in [2.05, 4.69) is 33.9 Å². The van der Waals surface area contributed by atoms with E-state index < -0.39 is 25.6 Å². The quantitative estimate of drug-likeness (QED) is 0.372. The molecule has 1 amide bonds. The van der Waals surface area contributed by atoms with Crippen LogP contribution < -0.4 is 4.74 Å². The van der Waals surface area contributed by atoms with Gasteiger partial charge in [0.2, 0.25) is 10.3 Å². The summed E-state index contributed by atoms with van der Waals surface area (Å²) in [6, 6.07) is 9.12. The van der Waals surface area contributed by atoms with Gasteiger partial charge in [0.25, 0.3) is 0 Å². The van der Waals surface area contributed by atoms with Crippen molar-refractivity contribution in [2.24, 2.45) is 5.92 Å². The van der Waals surface area contributed by atoms with Crippen molar-refractivity contribution >= 4 is 48.6 Å². The maximum absolute atomic E-state index is 12.7. The number of hydrogen-bond donors (Lipinski definition) is 1. The Hall–Kier alpha value is -1.42. The predicted octanol–water partition coefficient (Wildman–Crippen LogP) is 4.36. The third kappa shape index (κ3) is 5.81. The van der Waals surface area contributed by atoms with Crippen LogP contribution in [0.2, 0.25) is 18.1 Å². The van der Waals surface area contributed by atoms with Crippen molar-refractivity contribution in [2.45, 2.75) is 57.3 Å². The van der Waals surface area contributed by atoms with Crippen LogP contribution in [0, 0.1) is 5.92 Å². The first-order chi connectivity index (χ1) is 13.3. The number of nitrogens with zero attached hydrogens (tertiary/aromatic N) is 1. The molecule has 2 rings (SSSR count). The summed E-state index contributed by atoms with van der Waals surface area (Å²) in [5, 5.41) is 8.75. The summed E-state index contributed by atoms with van der Waals surface area (Å²) in [5.41, 5.74) is 0. The number of para-hydroxylation sites is 1. The molecule has 1 N–H and O–H groups in total. The molecule has 3 unspecified atom stereocenters. The van der Waals surface area contributed by atoms with Gasteiger partial charge in [-0.05, 0) is 49.4 Å². The van der Waals surface area contributed by atoms with Gasteiger partial charge in [-0.15, -0.1) is 0 Å². The molecule has 0 aliphatic carbocycles. The van der Waals surface area contributed by atoms with Gasteiger partial charge in [-0.1, -0.05) is 50.7 Å². The first-order valence-corrected chi connectivity index (χ1v) is 13.7. The second-order valence-electron chi connectivity index (χ2n) is 8.64. The van der Waals surface area contributed by atoms with Crippen LogP contribution in [-0.4, -0.2) is 52.6 Å². The number of rotatable bonds is 7. The van der Waals surface area contributed by atoms with Crippen molar-refractivity contribution in [3.8, 4) is 5.75 Å². The maximum Gasteiger partial charge on any atom is 0.323 e. The molecule has 1 saturated heterocycles. The van der Waals surface area contributed by atoms with E-state index in [-0.39, 0.29) is 28.0 Å². The minimum Gasteiger partial charge on any atom is -0.480 e. The van der Waals surface area contributed by atoms with Crippen LogP contribution in [0.3, 0.4) is 0 Å². The summed E-state index contributed by atoms with van der Waals surface area (Å²) in [6.45, 7) is 12.2. The monoisotopic (exact) mass is 455 g/mol. The highest BCUT2D eigenvalue weighted by Crippen LogP contribution is 2.43. The summed E-state index contributed by atoms with van der Waals surface area (Å²) in [7, 11) is -2.09. The van der Waals surface area contributed by atoms with Gasteiger partial charge in [-0.3, -0.25) is 9.59 Å². The summed E-state index contributed by atoms with van der Waals surface area (Å²) < 4.78 is 12.3. The van der Waals surface area contributed by atoms with Gasteiger partial charge >= 0.3 is 5.97 Å². The van der Waals surface area contributed by atoms with Gasteiger partial charge in [0.05, 0.1) is 12.0 Å². The number of hydrogen-bond acceptors (Lipinski definition) is 6. The van der Waals surface area contributed by atoms with E-state index in [0.717, 1.165) is 0 Å². The number of β-lactam (4-membered cyclic amide) rings is 1. The fourth-order valence-electron chi connectivity index (χ4n) is 2.86. The lowest BCUT2D eigenvalue weighted by Gasteiger charge is -2.50. The lowest BCUT2D eigenvalue weighted by molar-refractivity contribution is -0.162. The molecule has 1 aliphatic heterocycles. The number of carboxylic acid groups (broad SMARTS) is 1. The Balaban J connectivity index is 2.13. The highest BCUT2D eigenvalue weighted by Gasteiger charge is 2.53. The molecule has 0 radical (unpaired) electrons. The molecule has 9 heteroatoms. The third-order valence-corrected chi connectivity index (χ3v) is 11.5. The minimum atomic E-state index is -2.09. The number of amides is 1. The van der Waals surface area contributed by atoms with Crippen LogP contribution >= 0.6 is 24.0 Å². The number of thioether (sulfide) groups is 1. The van der Waals surface area contributed by atoms with E-state index in [0.29, 0.717) is 5.75 Å². The zero-order valence-corrected chi connectivity index (χ0v) is 20.3. The Morgan fingerprint density at radius 2 is 1.90 bits per heavy atom. The number of aliphatic carboxylic acids is 1. The second-order valence-corrected chi connectivity index (χ2v) is 15.1. The SMILES string of the molecule is CC(O[Si](C)(C)C(C)(C)C)C1C(=O)N(CC(=O)O)C1SC(=S)Oc1ccccc1. The van der Waals surface area contributed by atoms with E-state index in [1.165, 1.54) is 16.7 Å². The van der Waals surface area contributed by atoms with Gasteiger partial charge in [0.1, 0.15) is 17.7 Å². The Kier molecular flexibility index (Phi) is 7.53. The smallest absolute Gasteiger partial charge is 0.323 e. The molecule has 0 spiro atoms. The fraction of sp³-hybridized carbons (Fsp3) is 0.550. The Morgan fingerprint density at radius 1 is 1.31 bits per heavy atom. The molecule has 1 fully saturated rings. The zero-order chi connectivity index (χ0) is 22.0. The standard InChI is InChI=1S/C20H29NO5S2Si/c1-13(26-29(5,6)20(2,3)4)16-17(24)21(12-15(22)23)18(16)28-19(27)25-14-10-8-7-9-11-14/h7-11,13,16,18H,12H2,1-6H3,(H,22,23). The van der Waals surface area contributed by atoms with E-state index in [4.69, 9.17) is 21.4 Å². The lowest BCUT2D eigenvalue weighted by Crippen LogP contribution is -2.65. The highest BCUT2D eigenvalue weighted by atomic mass is 32.2. The van der Waals surface area contributed by atoms with Crippen molar-refractivity contribution in [3.63, 3.8) is 0 Å². The van der Waals surface area contributed by atoms with Crippen LogP contribution in [0.25, 0.3) is 0 Å². The predicted molar refractivity (Wildman–Crippen MR) is 122 cm³/mol. The topological polar surface area (TPSA) is 76.1 Å². The number of thiocarbonyl (C=S) groups is 1. The van der Waals surface area contributed by atoms with Crippen LogP contribution in [0.15, 0.2) is 30.3 Å².